The van der Waals surface area contributed by atoms with Gasteiger partial charge in [-0.15, -0.1) is 0 Å². The molecule has 0 aliphatic rings. The third-order valence-corrected chi connectivity index (χ3v) is 2.93. The van der Waals surface area contributed by atoms with Crippen LogP contribution in [0.4, 0.5) is 0 Å². The summed E-state index contributed by atoms with van der Waals surface area (Å²) >= 11 is 0. The standard InChI is InChI=1S/C14H23NO2/c1-11(15-9-14(2,3)10-16)12-5-7-13(17-4)8-6-12/h5-8,11,15-16H,9-10H2,1-4H3/t11-/m0/s1. The van der Waals surface area contributed by atoms with E-state index in [0.717, 1.165) is 12.3 Å². The first kappa shape index (κ1) is 14.0. The molecule has 3 nitrogen and oxygen atoms in total. The van der Waals surface area contributed by atoms with Crippen molar-refractivity contribution in [3.05, 3.63) is 29.8 Å². The van der Waals surface area contributed by atoms with Crippen LogP contribution in [0, 0.1) is 5.41 Å². The molecular weight excluding hydrogens is 214 g/mol. The van der Waals surface area contributed by atoms with Gasteiger partial charge in [-0.3, -0.25) is 0 Å². The number of rotatable bonds is 6. The van der Waals surface area contributed by atoms with Crippen LogP contribution in [0.15, 0.2) is 24.3 Å². The molecule has 96 valence electrons. The second-order valence-corrected chi connectivity index (χ2v) is 5.20. The highest BCUT2D eigenvalue weighted by molar-refractivity contribution is 5.28. The Balaban J connectivity index is 2.54. The molecule has 0 radical (unpaired) electrons. The van der Waals surface area contributed by atoms with Gasteiger partial charge in [-0.2, -0.15) is 0 Å². The molecule has 1 aromatic rings. The van der Waals surface area contributed by atoms with Crippen molar-refractivity contribution >= 4 is 0 Å². The molecule has 0 aliphatic heterocycles. The van der Waals surface area contributed by atoms with Crippen molar-refractivity contribution in [2.75, 3.05) is 20.3 Å². The topological polar surface area (TPSA) is 41.5 Å². The zero-order valence-electron chi connectivity index (χ0n) is 11.2. The third kappa shape index (κ3) is 4.36. The van der Waals surface area contributed by atoms with Crippen molar-refractivity contribution in [2.45, 2.75) is 26.8 Å². The quantitative estimate of drug-likeness (QED) is 0.798. The highest BCUT2D eigenvalue weighted by Crippen LogP contribution is 2.19. The lowest BCUT2D eigenvalue weighted by Gasteiger charge is -2.25. The summed E-state index contributed by atoms with van der Waals surface area (Å²) in [6.07, 6.45) is 0. The van der Waals surface area contributed by atoms with E-state index in [1.165, 1.54) is 5.56 Å². The summed E-state index contributed by atoms with van der Waals surface area (Å²) in [5, 5.41) is 12.6. The maximum Gasteiger partial charge on any atom is 0.118 e. The Morgan fingerprint density at radius 1 is 1.29 bits per heavy atom. The van der Waals surface area contributed by atoms with Gasteiger partial charge in [0.25, 0.3) is 0 Å². The van der Waals surface area contributed by atoms with E-state index < -0.39 is 0 Å². The van der Waals surface area contributed by atoms with Crippen LogP contribution in [0.1, 0.15) is 32.4 Å². The van der Waals surface area contributed by atoms with Crippen LogP contribution in [-0.4, -0.2) is 25.4 Å². The molecule has 0 fully saturated rings. The van der Waals surface area contributed by atoms with Gasteiger partial charge < -0.3 is 15.2 Å². The number of aliphatic hydroxyl groups excluding tert-OH is 1. The van der Waals surface area contributed by atoms with Crippen molar-refractivity contribution < 1.29 is 9.84 Å². The number of methoxy groups -OCH3 is 1. The smallest absolute Gasteiger partial charge is 0.118 e. The monoisotopic (exact) mass is 237 g/mol. The number of nitrogens with one attached hydrogen (secondary N) is 1. The second-order valence-electron chi connectivity index (χ2n) is 5.20. The molecule has 0 saturated heterocycles. The predicted octanol–water partition coefficient (Wildman–Crippen LogP) is 2.36. The molecule has 2 N–H and O–H groups in total. The Kier molecular flexibility index (Phi) is 4.97. The maximum atomic E-state index is 9.19. The molecule has 17 heavy (non-hydrogen) atoms. The Labute approximate surface area is 104 Å². The zero-order valence-corrected chi connectivity index (χ0v) is 11.2. The molecular formula is C14H23NO2. The van der Waals surface area contributed by atoms with E-state index >= 15 is 0 Å². The first-order chi connectivity index (χ1) is 7.98. The highest BCUT2D eigenvalue weighted by atomic mass is 16.5. The number of ether oxygens (including phenoxy) is 1. The van der Waals surface area contributed by atoms with Crippen molar-refractivity contribution in [2.24, 2.45) is 5.41 Å². The van der Waals surface area contributed by atoms with Crippen molar-refractivity contribution in [1.82, 2.24) is 5.32 Å². The first-order valence-electron chi connectivity index (χ1n) is 5.97. The van der Waals surface area contributed by atoms with Gasteiger partial charge >= 0.3 is 0 Å². The number of aliphatic hydroxyl groups is 1. The number of hydrogen-bond acceptors (Lipinski definition) is 3. The van der Waals surface area contributed by atoms with Crippen LogP contribution in [0.3, 0.4) is 0 Å². The van der Waals surface area contributed by atoms with Crippen LogP contribution in [0.2, 0.25) is 0 Å². The molecule has 3 heteroatoms. The molecule has 0 heterocycles. The molecule has 0 saturated carbocycles. The summed E-state index contributed by atoms with van der Waals surface area (Å²) in [4.78, 5) is 0. The van der Waals surface area contributed by atoms with Gasteiger partial charge in [0.2, 0.25) is 0 Å². The molecule has 0 aliphatic carbocycles. The molecule has 0 aromatic heterocycles. The van der Waals surface area contributed by atoms with E-state index in [-0.39, 0.29) is 18.1 Å². The Morgan fingerprint density at radius 2 is 1.88 bits per heavy atom. The second kappa shape index (κ2) is 6.03. The minimum atomic E-state index is -0.0826. The summed E-state index contributed by atoms with van der Waals surface area (Å²) in [5.74, 6) is 0.872. The van der Waals surface area contributed by atoms with Crippen LogP contribution >= 0.6 is 0 Å². The molecule has 0 unspecified atom stereocenters. The van der Waals surface area contributed by atoms with E-state index in [4.69, 9.17) is 4.74 Å². The van der Waals surface area contributed by atoms with Crippen LogP contribution in [0.25, 0.3) is 0 Å². The van der Waals surface area contributed by atoms with Crippen molar-refractivity contribution in [1.29, 1.82) is 0 Å². The third-order valence-electron chi connectivity index (χ3n) is 2.93. The molecule has 1 atom stereocenters. The molecule has 1 aromatic carbocycles. The van der Waals surface area contributed by atoms with E-state index in [1.807, 2.05) is 26.0 Å². The fraction of sp³-hybridized carbons (Fsp3) is 0.571. The lowest BCUT2D eigenvalue weighted by Crippen LogP contribution is -2.33. The molecule has 0 bridgehead atoms. The van der Waals surface area contributed by atoms with Crippen LogP contribution < -0.4 is 10.1 Å². The van der Waals surface area contributed by atoms with E-state index in [9.17, 15) is 5.11 Å². The summed E-state index contributed by atoms with van der Waals surface area (Å²) in [6.45, 7) is 7.18. The fourth-order valence-electron chi connectivity index (χ4n) is 1.50. The summed E-state index contributed by atoms with van der Waals surface area (Å²) in [7, 11) is 1.67. The van der Waals surface area contributed by atoms with Gasteiger partial charge in [-0.1, -0.05) is 26.0 Å². The lowest BCUT2D eigenvalue weighted by molar-refractivity contribution is 0.154. The summed E-state index contributed by atoms with van der Waals surface area (Å²) < 4.78 is 5.13. The number of benzene rings is 1. The SMILES string of the molecule is COc1ccc([C@H](C)NCC(C)(C)CO)cc1. The lowest BCUT2D eigenvalue weighted by atomic mass is 9.94. The van der Waals surface area contributed by atoms with Gasteiger partial charge in [0.1, 0.15) is 5.75 Å². The minimum Gasteiger partial charge on any atom is -0.497 e. The van der Waals surface area contributed by atoms with E-state index in [2.05, 4.69) is 24.4 Å². The van der Waals surface area contributed by atoms with Crippen molar-refractivity contribution in [3.8, 4) is 5.75 Å². The average Bonchev–Trinajstić information content (AvgIpc) is 2.36. The average molecular weight is 237 g/mol. The van der Waals surface area contributed by atoms with E-state index in [0.29, 0.717) is 0 Å². The zero-order chi connectivity index (χ0) is 12.9. The van der Waals surface area contributed by atoms with Gasteiger partial charge in [0.15, 0.2) is 0 Å². The fourth-order valence-corrected chi connectivity index (χ4v) is 1.50. The Bertz CT molecular complexity index is 333. The van der Waals surface area contributed by atoms with Crippen molar-refractivity contribution in [3.63, 3.8) is 0 Å². The molecule has 0 spiro atoms. The first-order valence-corrected chi connectivity index (χ1v) is 5.97. The van der Waals surface area contributed by atoms with Gasteiger partial charge in [-0.05, 0) is 24.6 Å². The Morgan fingerprint density at radius 3 is 2.35 bits per heavy atom. The van der Waals surface area contributed by atoms with Gasteiger partial charge in [0, 0.05) is 24.6 Å². The van der Waals surface area contributed by atoms with Crippen LogP contribution in [-0.2, 0) is 0 Å². The van der Waals surface area contributed by atoms with Gasteiger partial charge in [-0.25, -0.2) is 0 Å². The maximum absolute atomic E-state index is 9.19. The predicted molar refractivity (Wildman–Crippen MR) is 70.3 cm³/mol. The Hall–Kier alpha value is -1.06. The molecule has 1 rings (SSSR count). The van der Waals surface area contributed by atoms with E-state index in [1.54, 1.807) is 7.11 Å². The molecule has 0 amide bonds. The highest BCUT2D eigenvalue weighted by Gasteiger charge is 2.17. The summed E-state index contributed by atoms with van der Waals surface area (Å²) in [5.41, 5.74) is 1.14. The number of hydrogen-bond donors (Lipinski definition) is 2. The minimum absolute atomic E-state index is 0.0826. The van der Waals surface area contributed by atoms with Crippen LogP contribution in [0.5, 0.6) is 5.75 Å². The van der Waals surface area contributed by atoms with Gasteiger partial charge in [0.05, 0.1) is 7.11 Å². The largest absolute Gasteiger partial charge is 0.497 e. The normalized spacial score (nSPS) is 13.5. The summed E-state index contributed by atoms with van der Waals surface area (Å²) in [6, 6.07) is 8.31.